The predicted molar refractivity (Wildman–Crippen MR) is 118 cm³/mol. The van der Waals surface area contributed by atoms with E-state index in [0.29, 0.717) is 18.7 Å². The average Bonchev–Trinajstić information content (AvgIpc) is 3.36. The summed E-state index contributed by atoms with van der Waals surface area (Å²) in [4.78, 5) is 32.3. The molecule has 4 atom stereocenters. The molecule has 2 aliphatic rings. The maximum absolute atomic E-state index is 14.4. The van der Waals surface area contributed by atoms with Gasteiger partial charge in [-0.1, -0.05) is 24.3 Å². The zero-order chi connectivity index (χ0) is 23.1. The van der Waals surface area contributed by atoms with Crippen molar-refractivity contribution in [2.24, 2.45) is 11.8 Å². The molecule has 1 N–H and O–H groups in total. The zero-order valence-electron chi connectivity index (χ0n) is 18.1. The summed E-state index contributed by atoms with van der Waals surface area (Å²) in [6, 6.07) is 12.5. The second-order valence-corrected chi connectivity index (χ2v) is 8.52. The maximum atomic E-state index is 14.4. The second kappa shape index (κ2) is 8.53. The van der Waals surface area contributed by atoms with Gasteiger partial charge < -0.3 is 14.4 Å². The highest BCUT2D eigenvalue weighted by atomic mass is 19.1. The van der Waals surface area contributed by atoms with E-state index in [2.05, 4.69) is 4.98 Å². The van der Waals surface area contributed by atoms with Crippen molar-refractivity contribution in [1.82, 2.24) is 14.5 Å². The van der Waals surface area contributed by atoms with E-state index in [1.54, 1.807) is 41.2 Å². The lowest BCUT2D eigenvalue weighted by Gasteiger charge is -2.29. The van der Waals surface area contributed by atoms with Crippen LogP contribution in [0.15, 0.2) is 65.7 Å². The summed E-state index contributed by atoms with van der Waals surface area (Å²) in [6.45, 7) is 0.533. The Hall–Kier alpha value is -3.36. The van der Waals surface area contributed by atoms with Gasteiger partial charge in [0.1, 0.15) is 11.9 Å². The van der Waals surface area contributed by atoms with E-state index in [0.717, 1.165) is 11.3 Å². The lowest BCUT2D eigenvalue weighted by Crippen LogP contribution is -2.43. The standard InChI is InChI=1S/C25H24FN3O4/c1-33-25(32)23-19(14-30)18-13-28-21(22(18)29(23)12-15-5-4-10-27-11-15)9-8-17(24(28)31)16-6-2-3-7-20(16)26/h2-11,18-19,22-23,30H,12-14H2,1H3/t18-,19-,22+,23-/m1/s1. The zero-order valence-corrected chi connectivity index (χ0v) is 18.1. The highest BCUT2D eigenvalue weighted by Crippen LogP contribution is 2.50. The van der Waals surface area contributed by atoms with E-state index in [1.165, 1.54) is 13.2 Å². The van der Waals surface area contributed by atoms with Gasteiger partial charge in [0.05, 0.1) is 18.7 Å². The maximum Gasteiger partial charge on any atom is 0.323 e. The number of hydrogen-bond acceptors (Lipinski definition) is 6. The number of aliphatic hydroxyl groups excluding tert-OH is 1. The molecule has 170 valence electrons. The van der Waals surface area contributed by atoms with Crippen molar-refractivity contribution < 1.29 is 19.0 Å². The van der Waals surface area contributed by atoms with Crippen molar-refractivity contribution in [2.45, 2.75) is 25.2 Å². The van der Waals surface area contributed by atoms with Gasteiger partial charge in [-0.05, 0) is 29.8 Å². The second-order valence-electron chi connectivity index (χ2n) is 8.52. The van der Waals surface area contributed by atoms with E-state index in [9.17, 15) is 19.1 Å². The summed E-state index contributed by atoms with van der Waals surface area (Å²) in [5.41, 5.74) is 1.93. The van der Waals surface area contributed by atoms with Crippen LogP contribution in [0.2, 0.25) is 0 Å². The van der Waals surface area contributed by atoms with Crippen molar-refractivity contribution in [3.8, 4) is 11.1 Å². The van der Waals surface area contributed by atoms with E-state index >= 15 is 0 Å². The summed E-state index contributed by atoms with van der Waals surface area (Å²) < 4.78 is 21.1. The number of carbonyl (C=O) groups excluding carboxylic acids is 1. The third-order valence-electron chi connectivity index (χ3n) is 6.89. The number of likely N-dealkylation sites (tertiary alicyclic amines) is 1. The first-order chi connectivity index (χ1) is 16.0. The summed E-state index contributed by atoms with van der Waals surface area (Å²) in [7, 11) is 1.34. The number of pyridine rings is 2. The summed E-state index contributed by atoms with van der Waals surface area (Å²) in [6.07, 6.45) is 3.41. The molecule has 4 heterocycles. The lowest BCUT2D eigenvalue weighted by atomic mass is 9.88. The molecule has 1 saturated heterocycles. The molecule has 8 heteroatoms. The van der Waals surface area contributed by atoms with Gasteiger partial charge in [0, 0.05) is 55.2 Å². The number of carbonyl (C=O) groups is 1. The molecule has 0 unspecified atom stereocenters. The van der Waals surface area contributed by atoms with Gasteiger partial charge in [0.15, 0.2) is 0 Å². The number of halogens is 1. The van der Waals surface area contributed by atoms with Crippen LogP contribution in [0.1, 0.15) is 17.3 Å². The highest BCUT2D eigenvalue weighted by molar-refractivity contribution is 5.77. The van der Waals surface area contributed by atoms with Gasteiger partial charge in [-0.2, -0.15) is 0 Å². The van der Waals surface area contributed by atoms with Crippen LogP contribution in [-0.2, 0) is 22.6 Å². The molecule has 0 bridgehead atoms. The number of nitrogens with zero attached hydrogens (tertiary/aromatic N) is 3. The Labute approximate surface area is 190 Å². The molecular formula is C25H24FN3O4. The Kier molecular flexibility index (Phi) is 5.55. The molecule has 0 saturated carbocycles. The molecule has 7 nitrogen and oxygen atoms in total. The van der Waals surface area contributed by atoms with Crippen LogP contribution in [-0.4, -0.2) is 45.3 Å². The number of ether oxygens (including phenoxy) is 1. The predicted octanol–water partition coefficient (Wildman–Crippen LogP) is 2.39. The fraction of sp³-hybridized carbons (Fsp3) is 0.320. The molecule has 2 aromatic heterocycles. The minimum Gasteiger partial charge on any atom is -0.468 e. The van der Waals surface area contributed by atoms with Gasteiger partial charge in [0.25, 0.3) is 5.56 Å². The first kappa shape index (κ1) is 21.5. The SMILES string of the molecule is COC(=O)[C@H]1[C@H](CO)[C@H]2Cn3c(ccc(-c4ccccc4F)c3=O)[C@H]2N1Cc1cccnc1. The quantitative estimate of drug-likeness (QED) is 0.602. The molecular weight excluding hydrogens is 425 g/mol. The van der Waals surface area contributed by atoms with Crippen molar-refractivity contribution >= 4 is 5.97 Å². The van der Waals surface area contributed by atoms with Crippen LogP contribution in [0.25, 0.3) is 11.1 Å². The molecule has 0 spiro atoms. The number of fused-ring (bicyclic) bond motifs is 3. The normalized spacial score (nSPS) is 23.8. The molecule has 0 amide bonds. The van der Waals surface area contributed by atoms with Gasteiger partial charge in [-0.3, -0.25) is 19.5 Å². The van der Waals surface area contributed by atoms with Gasteiger partial charge >= 0.3 is 5.97 Å². The third-order valence-corrected chi connectivity index (χ3v) is 6.89. The third kappa shape index (κ3) is 3.46. The molecule has 2 aliphatic heterocycles. The number of hydrogen-bond donors (Lipinski definition) is 1. The van der Waals surface area contributed by atoms with Crippen LogP contribution in [0.3, 0.4) is 0 Å². The Balaban J connectivity index is 1.61. The minimum atomic E-state index is -0.648. The lowest BCUT2D eigenvalue weighted by molar-refractivity contribution is -0.148. The number of aliphatic hydroxyl groups is 1. The van der Waals surface area contributed by atoms with Crippen molar-refractivity contribution in [2.75, 3.05) is 13.7 Å². The minimum absolute atomic E-state index is 0.167. The summed E-state index contributed by atoms with van der Waals surface area (Å²) >= 11 is 0. The van der Waals surface area contributed by atoms with E-state index in [1.807, 2.05) is 23.1 Å². The summed E-state index contributed by atoms with van der Waals surface area (Å²) in [5.74, 6) is -1.44. The van der Waals surface area contributed by atoms with E-state index in [-0.39, 0.29) is 29.7 Å². The number of methoxy groups -OCH3 is 1. The molecule has 0 aliphatic carbocycles. The van der Waals surface area contributed by atoms with Crippen molar-refractivity contribution in [3.63, 3.8) is 0 Å². The molecule has 3 aromatic rings. The molecule has 33 heavy (non-hydrogen) atoms. The molecule has 1 aromatic carbocycles. The van der Waals surface area contributed by atoms with Crippen molar-refractivity contribution in [3.05, 3.63) is 88.4 Å². The van der Waals surface area contributed by atoms with Gasteiger partial charge in [-0.25, -0.2) is 4.39 Å². The Morgan fingerprint density at radius 1 is 1.18 bits per heavy atom. The number of benzene rings is 1. The largest absolute Gasteiger partial charge is 0.468 e. The Morgan fingerprint density at radius 2 is 2.00 bits per heavy atom. The topological polar surface area (TPSA) is 84.7 Å². The molecule has 5 rings (SSSR count). The van der Waals surface area contributed by atoms with Gasteiger partial charge in [0.2, 0.25) is 0 Å². The monoisotopic (exact) mass is 449 g/mol. The van der Waals surface area contributed by atoms with E-state index < -0.39 is 23.7 Å². The Morgan fingerprint density at radius 3 is 2.70 bits per heavy atom. The number of aromatic nitrogens is 2. The van der Waals surface area contributed by atoms with Crippen LogP contribution < -0.4 is 5.56 Å². The average molecular weight is 449 g/mol. The van der Waals surface area contributed by atoms with Crippen LogP contribution >= 0.6 is 0 Å². The smallest absolute Gasteiger partial charge is 0.323 e. The molecule has 0 radical (unpaired) electrons. The van der Waals surface area contributed by atoms with E-state index in [4.69, 9.17) is 4.74 Å². The van der Waals surface area contributed by atoms with Crippen LogP contribution in [0, 0.1) is 17.7 Å². The molecule has 1 fully saturated rings. The number of esters is 1. The fourth-order valence-corrected chi connectivity index (χ4v) is 5.46. The number of rotatable bonds is 5. The first-order valence-electron chi connectivity index (χ1n) is 10.9. The first-order valence-corrected chi connectivity index (χ1v) is 10.9. The van der Waals surface area contributed by atoms with Crippen molar-refractivity contribution in [1.29, 1.82) is 0 Å². The van der Waals surface area contributed by atoms with Crippen LogP contribution in [0.5, 0.6) is 0 Å². The van der Waals surface area contributed by atoms with Crippen LogP contribution in [0.4, 0.5) is 4.39 Å². The highest BCUT2D eigenvalue weighted by Gasteiger charge is 2.56. The summed E-state index contributed by atoms with van der Waals surface area (Å²) in [5, 5.41) is 10.2. The fourth-order valence-electron chi connectivity index (χ4n) is 5.46. The Bertz CT molecular complexity index is 1250. The van der Waals surface area contributed by atoms with Gasteiger partial charge in [-0.15, -0.1) is 0 Å².